The third kappa shape index (κ3) is 1.50. The largest absolute Gasteiger partial charge is 0.320 e. The molecule has 0 spiro atoms. The Labute approximate surface area is 82.5 Å². The minimum Gasteiger partial charge on any atom is -0.320 e. The van der Waals surface area contributed by atoms with Crippen LogP contribution in [0.25, 0.3) is 0 Å². The van der Waals surface area contributed by atoms with Gasteiger partial charge in [0.1, 0.15) is 0 Å². The topological polar surface area (TPSA) is 64.2 Å². The lowest BCUT2D eigenvalue weighted by molar-refractivity contribution is -0.120. The molecule has 1 aliphatic heterocycles. The van der Waals surface area contributed by atoms with Gasteiger partial charge in [-0.25, -0.2) is 0 Å². The summed E-state index contributed by atoms with van der Waals surface area (Å²) >= 11 is 0. The fourth-order valence-electron chi connectivity index (χ4n) is 1.71. The maximum atomic E-state index is 11.7. The molecule has 0 aliphatic carbocycles. The van der Waals surface area contributed by atoms with Crippen molar-refractivity contribution in [1.82, 2.24) is 9.78 Å². The number of amides is 1. The second-order valence-electron chi connectivity index (χ2n) is 3.61. The van der Waals surface area contributed by atoms with E-state index in [0.717, 1.165) is 25.1 Å². The smallest absolute Gasteiger partial charge is 0.243 e. The summed E-state index contributed by atoms with van der Waals surface area (Å²) in [6.45, 7) is 0.748. The van der Waals surface area contributed by atoms with Crippen LogP contribution in [0.5, 0.6) is 0 Å². The molecule has 2 rings (SSSR count). The van der Waals surface area contributed by atoms with Crippen LogP contribution in [0.2, 0.25) is 0 Å². The summed E-state index contributed by atoms with van der Waals surface area (Å²) in [5.74, 6) is 0.00394. The Morgan fingerprint density at radius 3 is 3.07 bits per heavy atom. The first-order valence-electron chi connectivity index (χ1n) is 4.74. The third-order valence-corrected chi connectivity index (χ3v) is 2.48. The van der Waals surface area contributed by atoms with Gasteiger partial charge in [0, 0.05) is 19.8 Å². The maximum Gasteiger partial charge on any atom is 0.243 e. The molecule has 1 fully saturated rings. The summed E-state index contributed by atoms with van der Waals surface area (Å²) in [6, 6.07) is -0.344. The number of anilines is 1. The van der Waals surface area contributed by atoms with Gasteiger partial charge in [-0.2, -0.15) is 5.10 Å². The van der Waals surface area contributed by atoms with Crippen LogP contribution >= 0.6 is 0 Å². The van der Waals surface area contributed by atoms with Crippen LogP contribution in [-0.2, 0) is 11.8 Å². The summed E-state index contributed by atoms with van der Waals surface area (Å²) < 4.78 is 1.68. The van der Waals surface area contributed by atoms with Crippen molar-refractivity contribution in [2.75, 3.05) is 11.4 Å². The van der Waals surface area contributed by atoms with Gasteiger partial charge in [0.05, 0.1) is 17.9 Å². The normalized spacial score (nSPS) is 22.9. The highest BCUT2D eigenvalue weighted by molar-refractivity contribution is 5.97. The van der Waals surface area contributed by atoms with E-state index in [4.69, 9.17) is 5.73 Å². The van der Waals surface area contributed by atoms with Gasteiger partial charge >= 0.3 is 0 Å². The predicted octanol–water partition coefficient (Wildman–Crippen LogP) is -0.126. The lowest BCUT2D eigenvalue weighted by atomic mass is 10.1. The van der Waals surface area contributed by atoms with Crippen molar-refractivity contribution in [3.63, 3.8) is 0 Å². The molecule has 14 heavy (non-hydrogen) atoms. The highest BCUT2D eigenvalue weighted by atomic mass is 16.2. The summed E-state index contributed by atoms with van der Waals surface area (Å²) in [6.07, 6.45) is 5.27. The molecular formula is C9H14N4O. The molecular weight excluding hydrogens is 180 g/mol. The molecule has 5 nitrogen and oxygen atoms in total. The number of hydrogen-bond donors (Lipinski definition) is 1. The first-order valence-corrected chi connectivity index (χ1v) is 4.74. The van der Waals surface area contributed by atoms with E-state index in [2.05, 4.69) is 5.10 Å². The first kappa shape index (κ1) is 9.21. The van der Waals surface area contributed by atoms with Crippen molar-refractivity contribution in [3.8, 4) is 0 Å². The zero-order chi connectivity index (χ0) is 10.1. The van der Waals surface area contributed by atoms with E-state index in [1.807, 2.05) is 13.2 Å². The highest BCUT2D eigenvalue weighted by Gasteiger charge is 2.27. The molecule has 0 saturated carbocycles. The van der Waals surface area contributed by atoms with Gasteiger partial charge < -0.3 is 10.6 Å². The number of aryl methyl sites for hydroxylation is 1. The highest BCUT2D eigenvalue weighted by Crippen LogP contribution is 2.18. The minimum atomic E-state index is -0.344. The second kappa shape index (κ2) is 3.42. The van der Waals surface area contributed by atoms with Gasteiger partial charge in [0.15, 0.2) is 0 Å². The fourth-order valence-corrected chi connectivity index (χ4v) is 1.71. The standard InChI is InChI=1S/C9H14N4O/c1-12-6-7(5-11-12)13-4-2-3-8(10)9(13)14/h5-6,8H,2-4,10H2,1H3/t8-/m0/s1. The number of aromatic nitrogens is 2. The average molecular weight is 194 g/mol. The van der Waals surface area contributed by atoms with Gasteiger partial charge in [-0.05, 0) is 12.8 Å². The molecule has 0 bridgehead atoms. The number of nitrogens with two attached hydrogens (primary N) is 1. The van der Waals surface area contributed by atoms with Crippen molar-refractivity contribution < 1.29 is 4.79 Å². The van der Waals surface area contributed by atoms with Gasteiger partial charge in [-0.3, -0.25) is 9.48 Å². The second-order valence-corrected chi connectivity index (χ2v) is 3.61. The van der Waals surface area contributed by atoms with Crippen LogP contribution < -0.4 is 10.6 Å². The van der Waals surface area contributed by atoms with Crippen LogP contribution in [-0.4, -0.2) is 28.3 Å². The van der Waals surface area contributed by atoms with E-state index in [1.165, 1.54) is 0 Å². The lowest BCUT2D eigenvalue weighted by Gasteiger charge is -2.29. The number of nitrogens with zero attached hydrogens (tertiary/aromatic N) is 3. The molecule has 1 amide bonds. The van der Waals surface area contributed by atoms with Crippen molar-refractivity contribution in [2.45, 2.75) is 18.9 Å². The molecule has 76 valence electrons. The molecule has 0 aromatic carbocycles. The van der Waals surface area contributed by atoms with Crippen LogP contribution in [0.3, 0.4) is 0 Å². The molecule has 5 heteroatoms. The quantitative estimate of drug-likeness (QED) is 0.677. The Morgan fingerprint density at radius 2 is 2.43 bits per heavy atom. The van der Waals surface area contributed by atoms with Crippen molar-refractivity contribution in [2.24, 2.45) is 12.8 Å². The van der Waals surface area contributed by atoms with Crippen molar-refractivity contribution in [1.29, 1.82) is 0 Å². The Kier molecular flexibility index (Phi) is 2.25. The van der Waals surface area contributed by atoms with Gasteiger partial charge in [-0.15, -0.1) is 0 Å². The molecule has 2 N–H and O–H groups in total. The Morgan fingerprint density at radius 1 is 1.64 bits per heavy atom. The summed E-state index contributed by atoms with van der Waals surface area (Å²) in [5, 5.41) is 4.03. The van der Waals surface area contributed by atoms with Crippen molar-refractivity contribution in [3.05, 3.63) is 12.4 Å². The van der Waals surface area contributed by atoms with E-state index in [-0.39, 0.29) is 11.9 Å². The average Bonchev–Trinajstić information content (AvgIpc) is 2.57. The van der Waals surface area contributed by atoms with Gasteiger partial charge in [0.25, 0.3) is 0 Å². The Bertz CT molecular complexity index is 346. The maximum absolute atomic E-state index is 11.7. The van der Waals surface area contributed by atoms with E-state index in [9.17, 15) is 4.79 Å². The SMILES string of the molecule is Cn1cc(N2CCC[C@H](N)C2=O)cn1. The fraction of sp³-hybridized carbons (Fsp3) is 0.556. The van der Waals surface area contributed by atoms with Crippen LogP contribution in [0.1, 0.15) is 12.8 Å². The number of carbonyl (C=O) groups is 1. The minimum absolute atomic E-state index is 0.00394. The van der Waals surface area contributed by atoms with E-state index in [0.29, 0.717) is 0 Å². The zero-order valence-corrected chi connectivity index (χ0v) is 8.18. The molecule has 1 aromatic heterocycles. The molecule has 1 saturated heterocycles. The monoisotopic (exact) mass is 194 g/mol. The van der Waals surface area contributed by atoms with Crippen LogP contribution in [0.15, 0.2) is 12.4 Å². The Balaban J connectivity index is 2.21. The molecule has 0 radical (unpaired) electrons. The first-order chi connectivity index (χ1) is 6.68. The third-order valence-electron chi connectivity index (χ3n) is 2.48. The van der Waals surface area contributed by atoms with Gasteiger partial charge in [0.2, 0.25) is 5.91 Å². The number of hydrogen-bond acceptors (Lipinski definition) is 3. The predicted molar refractivity (Wildman–Crippen MR) is 52.8 cm³/mol. The molecule has 1 aromatic rings. The van der Waals surface area contributed by atoms with Crippen LogP contribution in [0.4, 0.5) is 5.69 Å². The van der Waals surface area contributed by atoms with E-state index in [1.54, 1.807) is 15.8 Å². The van der Waals surface area contributed by atoms with E-state index >= 15 is 0 Å². The molecule has 2 heterocycles. The molecule has 1 aliphatic rings. The van der Waals surface area contributed by atoms with Crippen molar-refractivity contribution >= 4 is 11.6 Å². The molecule has 0 unspecified atom stereocenters. The number of rotatable bonds is 1. The molecule has 1 atom stereocenters. The Hall–Kier alpha value is -1.36. The van der Waals surface area contributed by atoms with Crippen LogP contribution in [0, 0.1) is 0 Å². The van der Waals surface area contributed by atoms with Gasteiger partial charge in [-0.1, -0.05) is 0 Å². The summed E-state index contributed by atoms with van der Waals surface area (Å²) in [4.78, 5) is 13.4. The number of carbonyl (C=O) groups excluding carboxylic acids is 1. The number of piperidine rings is 1. The van der Waals surface area contributed by atoms with E-state index < -0.39 is 0 Å². The lowest BCUT2D eigenvalue weighted by Crippen LogP contribution is -2.48. The zero-order valence-electron chi connectivity index (χ0n) is 8.18. The summed E-state index contributed by atoms with van der Waals surface area (Å²) in [5.41, 5.74) is 6.53. The summed E-state index contributed by atoms with van der Waals surface area (Å²) in [7, 11) is 1.83.